The van der Waals surface area contributed by atoms with Crippen LogP contribution in [0.1, 0.15) is 34.8 Å². The fraction of sp³-hybridized carbons (Fsp3) is 0.450. The lowest BCUT2D eigenvalue weighted by Gasteiger charge is -2.20. The third-order valence-corrected chi connectivity index (χ3v) is 6.35. The maximum absolute atomic E-state index is 12.8. The van der Waals surface area contributed by atoms with Gasteiger partial charge in [-0.2, -0.15) is 0 Å². The molecule has 1 aromatic heterocycles. The van der Waals surface area contributed by atoms with E-state index in [4.69, 9.17) is 4.98 Å². The molecular weight excluding hydrogens is 346 g/mol. The molecule has 2 aromatic rings. The van der Waals surface area contributed by atoms with E-state index in [-0.39, 0.29) is 11.8 Å². The number of amides is 2. The number of anilines is 1. The van der Waals surface area contributed by atoms with Gasteiger partial charge in [0.1, 0.15) is 10.9 Å². The first kappa shape index (κ1) is 17.2. The fourth-order valence-electron chi connectivity index (χ4n) is 3.79. The Hall–Kier alpha value is -2.21. The molecule has 0 saturated carbocycles. The van der Waals surface area contributed by atoms with Gasteiger partial charge in [-0.3, -0.25) is 9.59 Å². The zero-order chi connectivity index (χ0) is 18.1. The molecule has 0 spiro atoms. The monoisotopic (exact) mass is 369 g/mol. The highest BCUT2D eigenvalue weighted by molar-refractivity contribution is 7.11. The number of rotatable bonds is 4. The molecule has 6 heteroatoms. The summed E-state index contributed by atoms with van der Waals surface area (Å²) in [7, 11) is 1.78. The van der Waals surface area contributed by atoms with E-state index in [1.165, 1.54) is 23.4 Å². The predicted octanol–water partition coefficient (Wildman–Crippen LogP) is 3.03. The third kappa shape index (κ3) is 3.26. The van der Waals surface area contributed by atoms with Crippen molar-refractivity contribution in [2.45, 2.75) is 38.6 Å². The second-order valence-electron chi connectivity index (χ2n) is 7.05. The van der Waals surface area contributed by atoms with E-state index in [2.05, 4.69) is 0 Å². The van der Waals surface area contributed by atoms with Gasteiger partial charge in [-0.05, 0) is 44.2 Å². The van der Waals surface area contributed by atoms with Crippen LogP contribution in [0.4, 0.5) is 5.69 Å². The first-order valence-electron chi connectivity index (χ1n) is 9.22. The highest BCUT2D eigenvalue weighted by atomic mass is 32.1. The summed E-state index contributed by atoms with van der Waals surface area (Å²) < 4.78 is 0. The second kappa shape index (κ2) is 7.19. The van der Waals surface area contributed by atoms with Crippen LogP contribution in [-0.4, -0.2) is 35.3 Å². The summed E-state index contributed by atoms with van der Waals surface area (Å²) in [5.41, 5.74) is 2.08. The Morgan fingerprint density at radius 1 is 1.27 bits per heavy atom. The van der Waals surface area contributed by atoms with E-state index in [1.807, 2.05) is 30.3 Å². The number of hydrogen-bond donors (Lipinski definition) is 0. The van der Waals surface area contributed by atoms with Gasteiger partial charge in [0.2, 0.25) is 11.8 Å². The maximum atomic E-state index is 12.8. The molecule has 1 fully saturated rings. The fourth-order valence-corrected chi connectivity index (χ4v) is 5.00. The molecule has 0 bridgehead atoms. The summed E-state index contributed by atoms with van der Waals surface area (Å²) in [5, 5.41) is 0.984. The molecule has 136 valence electrons. The van der Waals surface area contributed by atoms with Crippen LogP contribution in [-0.2, 0) is 29.0 Å². The smallest absolute Gasteiger partial charge is 0.239 e. The normalized spacial score (nSPS) is 19.5. The van der Waals surface area contributed by atoms with Gasteiger partial charge in [-0.25, -0.2) is 4.98 Å². The number of aromatic nitrogens is 1. The minimum atomic E-state index is -0.574. The van der Waals surface area contributed by atoms with Crippen LogP contribution in [0.25, 0.3) is 0 Å². The van der Waals surface area contributed by atoms with Crippen molar-refractivity contribution in [3.63, 3.8) is 0 Å². The third-order valence-electron chi connectivity index (χ3n) is 5.21. The highest BCUT2D eigenvalue weighted by Gasteiger charge is 2.39. The molecule has 1 saturated heterocycles. The Bertz CT molecular complexity index is 794. The summed E-state index contributed by atoms with van der Waals surface area (Å²) in [4.78, 5) is 35.0. The Morgan fingerprint density at radius 3 is 2.81 bits per heavy atom. The molecular formula is C20H23N3O2S. The Labute approximate surface area is 157 Å². The van der Waals surface area contributed by atoms with E-state index in [0.717, 1.165) is 23.5 Å². The van der Waals surface area contributed by atoms with Gasteiger partial charge in [0.15, 0.2) is 0 Å². The van der Waals surface area contributed by atoms with E-state index >= 15 is 0 Å². The Balaban J connectivity index is 1.42. The average Bonchev–Trinajstić information content (AvgIpc) is 3.24. The number of nitrogens with zero attached hydrogens (tertiary/aromatic N) is 3. The standard InChI is InChI=1S/C20H23N3O2S/c1-22(13-18-21-16-9-5-6-10-17(16)26-18)19(24)15-11-12-23(20(15)25)14-7-3-2-4-8-14/h2-4,7-8,15H,5-6,9-13H2,1H3. The maximum Gasteiger partial charge on any atom is 0.239 e. The van der Waals surface area contributed by atoms with Gasteiger partial charge in [0.25, 0.3) is 0 Å². The first-order chi connectivity index (χ1) is 12.6. The predicted molar refractivity (Wildman–Crippen MR) is 102 cm³/mol. The van der Waals surface area contributed by atoms with Crippen molar-refractivity contribution in [2.24, 2.45) is 5.92 Å². The zero-order valence-corrected chi connectivity index (χ0v) is 15.8. The molecule has 5 nitrogen and oxygen atoms in total. The van der Waals surface area contributed by atoms with Crippen molar-refractivity contribution in [3.05, 3.63) is 45.9 Å². The summed E-state index contributed by atoms with van der Waals surface area (Å²) in [5.74, 6) is -0.761. The van der Waals surface area contributed by atoms with Crippen LogP contribution in [0.15, 0.2) is 30.3 Å². The van der Waals surface area contributed by atoms with Gasteiger partial charge in [0.05, 0.1) is 12.2 Å². The molecule has 1 atom stereocenters. The topological polar surface area (TPSA) is 53.5 Å². The van der Waals surface area contributed by atoms with Crippen molar-refractivity contribution in [1.29, 1.82) is 0 Å². The molecule has 1 aliphatic carbocycles. The number of fused-ring (bicyclic) bond motifs is 1. The van der Waals surface area contributed by atoms with Gasteiger partial charge in [-0.15, -0.1) is 11.3 Å². The van der Waals surface area contributed by atoms with Gasteiger partial charge >= 0.3 is 0 Å². The van der Waals surface area contributed by atoms with Gasteiger partial charge < -0.3 is 9.80 Å². The minimum Gasteiger partial charge on any atom is -0.338 e. The first-order valence-corrected chi connectivity index (χ1v) is 10.0. The van der Waals surface area contributed by atoms with Crippen LogP contribution >= 0.6 is 11.3 Å². The van der Waals surface area contributed by atoms with Gasteiger partial charge in [0, 0.05) is 24.2 Å². The van der Waals surface area contributed by atoms with E-state index in [1.54, 1.807) is 28.2 Å². The quantitative estimate of drug-likeness (QED) is 0.779. The summed E-state index contributed by atoms with van der Waals surface area (Å²) in [6, 6.07) is 9.57. The minimum absolute atomic E-state index is 0.0912. The van der Waals surface area contributed by atoms with Crippen LogP contribution in [0.2, 0.25) is 0 Å². The molecule has 0 radical (unpaired) electrons. The van der Waals surface area contributed by atoms with Crippen LogP contribution in [0.3, 0.4) is 0 Å². The molecule has 4 rings (SSSR count). The molecule has 1 aromatic carbocycles. The summed E-state index contributed by atoms with van der Waals surface area (Å²) in [6.07, 6.45) is 5.17. The van der Waals surface area contributed by atoms with E-state index in [0.29, 0.717) is 19.5 Å². The number of carbonyl (C=O) groups is 2. The molecule has 2 aliphatic rings. The van der Waals surface area contributed by atoms with Crippen molar-refractivity contribution >= 4 is 28.8 Å². The largest absolute Gasteiger partial charge is 0.338 e. The zero-order valence-electron chi connectivity index (χ0n) is 15.0. The molecule has 1 unspecified atom stereocenters. The summed E-state index contributed by atoms with van der Waals surface area (Å²) >= 11 is 1.72. The van der Waals surface area contributed by atoms with Crippen molar-refractivity contribution < 1.29 is 9.59 Å². The SMILES string of the molecule is CN(Cc1nc2c(s1)CCCC2)C(=O)C1CCN(c2ccccc2)C1=O. The number of hydrogen-bond acceptors (Lipinski definition) is 4. The van der Waals surface area contributed by atoms with E-state index < -0.39 is 5.92 Å². The lowest BCUT2D eigenvalue weighted by Crippen LogP contribution is -2.37. The van der Waals surface area contributed by atoms with Crippen LogP contribution < -0.4 is 4.90 Å². The van der Waals surface area contributed by atoms with Crippen molar-refractivity contribution in [1.82, 2.24) is 9.88 Å². The number of thiazole rings is 1. The van der Waals surface area contributed by atoms with Gasteiger partial charge in [-0.1, -0.05) is 18.2 Å². The Kier molecular flexibility index (Phi) is 4.76. The van der Waals surface area contributed by atoms with Crippen molar-refractivity contribution in [2.75, 3.05) is 18.5 Å². The number of para-hydroxylation sites is 1. The van der Waals surface area contributed by atoms with Crippen molar-refractivity contribution in [3.8, 4) is 0 Å². The molecule has 26 heavy (non-hydrogen) atoms. The van der Waals surface area contributed by atoms with E-state index in [9.17, 15) is 9.59 Å². The number of carbonyl (C=O) groups excluding carboxylic acids is 2. The van der Waals surface area contributed by atoms with Crippen LogP contribution in [0, 0.1) is 5.92 Å². The second-order valence-corrected chi connectivity index (χ2v) is 8.21. The molecule has 0 N–H and O–H groups in total. The lowest BCUT2D eigenvalue weighted by atomic mass is 10.0. The average molecular weight is 369 g/mol. The highest BCUT2D eigenvalue weighted by Crippen LogP contribution is 2.29. The lowest BCUT2D eigenvalue weighted by molar-refractivity contribution is -0.139. The number of aryl methyl sites for hydroxylation is 2. The molecule has 2 amide bonds. The Morgan fingerprint density at radius 2 is 2.04 bits per heavy atom. The summed E-state index contributed by atoms with van der Waals surface area (Å²) in [6.45, 7) is 1.09. The van der Waals surface area contributed by atoms with Crippen LogP contribution in [0.5, 0.6) is 0 Å². The molecule has 1 aliphatic heterocycles. The number of benzene rings is 1. The molecule has 2 heterocycles.